The highest BCUT2D eigenvalue weighted by Gasteiger charge is 2.08. The minimum Gasteiger partial charge on any atom is -0.310 e. The molecule has 0 saturated carbocycles. The molecule has 2 rings (SSSR count). The molecule has 1 heterocycles. The van der Waals surface area contributed by atoms with Crippen LogP contribution in [0.1, 0.15) is 43.1 Å². The maximum atomic E-state index is 4.36. The van der Waals surface area contributed by atoms with Crippen molar-refractivity contribution in [3.05, 3.63) is 65.5 Å². The topological polar surface area (TPSA) is 24.9 Å². The molecule has 0 saturated heterocycles. The lowest BCUT2D eigenvalue weighted by molar-refractivity contribution is 0.521. The average Bonchev–Trinajstić information content (AvgIpc) is 2.53. The molecule has 106 valence electrons. The Hall–Kier alpha value is -1.67. The van der Waals surface area contributed by atoms with Gasteiger partial charge in [-0.1, -0.05) is 44.2 Å². The maximum Gasteiger partial charge on any atom is 0.0416 e. The molecule has 1 N–H and O–H groups in total. The second kappa shape index (κ2) is 7.81. The summed E-state index contributed by atoms with van der Waals surface area (Å²) in [5.74, 6) is 0. The molecule has 1 aromatic heterocycles. The molecule has 1 aromatic carbocycles. The van der Waals surface area contributed by atoms with E-state index in [1.807, 2.05) is 18.3 Å². The van der Waals surface area contributed by atoms with Gasteiger partial charge in [-0.2, -0.15) is 0 Å². The first-order valence-electron chi connectivity index (χ1n) is 7.55. The summed E-state index contributed by atoms with van der Waals surface area (Å²) in [6.07, 6.45) is 5.04. The van der Waals surface area contributed by atoms with Crippen LogP contribution in [0.2, 0.25) is 0 Å². The van der Waals surface area contributed by atoms with Crippen molar-refractivity contribution in [2.24, 2.45) is 0 Å². The van der Waals surface area contributed by atoms with Crippen molar-refractivity contribution >= 4 is 0 Å². The molecule has 0 bridgehead atoms. The van der Waals surface area contributed by atoms with Gasteiger partial charge in [0.1, 0.15) is 0 Å². The zero-order valence-electron chi connectivity index (χ0n) is 12.5. The Morgan fingerprint density at radius 3 is 2.45 bits per heavy atom. The number of aromatic nitrogens is 1. The number of rotatable bonds is 7. The first kappa shape index (κ1) is 14.7. The van der Waals surface area contributed by atoms with Crippen molar-refractivity contribution in [3.63, 3.8) is 0 Å². The minimum absolute atomic E-state index is 0.435. The van der Waals surface area contributed by atoms with Gasteiger partial charge in [-0.25, -0.2) is 0 Å². The summed E-state index contributed by atoms with van der Waals surface area (Å²) in [6.45, 7) is 5.38. The number of pyridine rings is 1. The van der Waals surface area contributed by atoms with Crippen LogP contribution in [-0.4, -0.2) is 11.5 Å². The van der Waals surface area contributed by atoms with Crippen LogP contribution in [-0.2, 0) is 12.8 Å². The monoisotopic (exact) mass is 268 g/mol. The van der Waals surface area contributed by atoms with Crippen molar-refractivity contribution in [2.75, 3.05) is 6.54 Å². The SMILES string of the molecule is CCc1ccc(C(CC)NCCc2ccccn2)cc1. The van der Waals surface area contributed by atoms with Crippen LogP contribution in [0, 0.1) is 0 Å². The Bertz CT molecular complexity index is 491. The molecule has 0 radical (unpaired) electrons. The second-order valence-electron chi connectivity index (χ2n) is 5.08. The Morgan fingerprint density at radius 2 is 1.85 bits per heavy atom. The largest absolute Gasteiger partial charge is 0.310 e. The lowest BCUT2D eigenvalue weighted by Crippen LogP contribution is -2.23. The van der Waals surface area contributed by atoms with E-state index in [2.05, 4.69) is 54.5 Å². The van der Waals surface area contributed by atoms with Crippen LogP contribution in [0.25, 0.3) is 0 Å². The molecular formula is C18H24N2. The van der Waals surface area contributed by atoms with Crippen LogP contribution < -0.4 is 5.32 Å². The van der Waals surface area contributed by atoms with Gasteiger partial charge in [0.25, 0.3) is 0 Å². The molecule has 0 aliphatic rings. The zero-order valence-corrected chi connectivity index (χ0v) is 12.5. The minimum atomic E-state index is 0.435. The number of hydrogen-bond donors (Lipinski definition) is 1. The van der Waals surface area contributed by atoms with Gasteiger partial charge >= 0.3 is 0 Å². The third-order valence-corrected chi connectivity index (χ3v) is 3.70. The molecule has 20 heavy (non-hydrogen) atoms. The molecule has 2 nitrogen and oxygen atoms in total. The third-order valence-electron chi connectivity index (χ3n) is 3.70. The predicted octanol–water partition coefficient (Wildman–Crippen LogP) is 3.93. The number of aryl methyl sites for hydroxylation is 1. The van der Waals surface area contributed by atoms with Crippen molar-refractivity contribution < 1.29 is 0 Å². The zero-order chi connectivity index (χ0) is 14.2. The Morgan fingerprint density at radius 1 is 1.05 bits per heavy atom. The van der Waals surface area contributed by atoms with E-state index in [0.29, 0.717) is 6.04 Å². The summed E-state index contributed by atoms with van der Waals surface area (Å²) in [6, 6.07) is 15.5. The van der Waals surface area contributed by atoms with E-state index in [0.717, 1.165) is 31.5 Å². The average molecular weight is 268 g/mol. The summed E-state index contributed by atoms with van der Waals surface area (Å²) in [5.41, 5.74) is 3.93. The molecule has 0 fully saturated rings. The summed E-state index contributed by atoms with van der Waals surface area (Å²) in [5, 5.41) is 3.63. The summed E-state index contributed by atoms with van der Waals surface area (Å²) in [7, 11) is 0. The van der Waals surface area contributed by atoms with Crippen molar-refractivity contribution in [2.45, 2.75) is 39.2 Å². The van der Waals surface area contributed by atoms with Gasteiger partial charge in [0.2, 0.25) is 0 Å². The fourth-order valence-corrected chi connectivity index (χ4v) is 2.40. The molecule has 0 aliphatic heterocycles. The molecule has 0 amide bonds. The Kier molecular flexibility index (Phi) is 5.75. The quantitative estimate of drug-likeness (QED) is 0.823. The summed E-state index contributed by atoms with van der Waals surface area (Å²) in [4.78, 5) is 4.36. The molecule has 1 unspecified atom stereocenters. The summed E-state index contributed by atoms with van der Waals surface area (Å²) < 4.78 is 0. The van der Waals surface area contributed by atoms with Crippen molar-refractivity contribution in [1.29, 1.82) is 0 Å². The highest BCUT2D eigenvalue weighted by Crippen LogP contribution is 2.17. The molecule has 1 atom stereocenters. The van der Waals surface area contributed by atoms with Gasteiger partial charge in [-0.05, 0) is 36.1 Å². The van der Waals surface area contributed by atoms with Crippen molar-refractivity contribution in [1.82, 2.24) is 10.3 Å². The maximum absolute atomic E-state index is 4.36. The molecule has 2 aromatic rings. The molecule has 2 heteroatoms. The van der Waals surface area contributed by atoms with Gasteiger partial charge < -0.3 is 5.32 Å². The highest BCUT2D eigenvalue weighted by molar-refractivity contribution is 5.25. The van der Waals surface area contributed by atoms with E-state index in [4.69, 9.17) is 0 Å². The number of hydrogen-bond acceptors (Lipinski definition) is 2. The number of nitrogens with one attached hydrogen (secondary N) is 1. The van der Waals surface area contributed by atoms with Gasteiger partial charge in [0.05, 0.1) is 0 Å². The van der Waals surface area contributed by atoms with Gasteiger partial charge in [-0.3, -0.25) is 4.98 Å². The molecule has 0 spiro atoms. The Balaban J connectivity index is 1.88. The Labute approximate surface area is 122 Å². The van der Waals surface area contributed by atoms with E-state index in [9.17, 15) is 0 Å². The second-order valence-corrected chi connectivity index (χ2v) is 5.08. The van der Waals surface area contributed by atoms with Crippen LogP contribution in [0.3, 0.4) is 0 Å². The van der Waals surface area contributed by atoms with E-state index < -0.39 is 0 Å². The lowest BCUT2D eigenvalue weighted by Gasteiger charge is -2.17. The van der Waals surface area contributed by atoms with E-state index >= 15 is 0 Å². The highest BCUT2D eigenvalue weighted by atomic mass is 14.9. The normalized spacial score (nSPS) is 12.3. The van der Waals surface area contributed by atoms with Gasteiger partial charge in [-0.15, -0.1) is 0 Å². The van der Waals surface area contributed by atoms with Crippen LogP contribution in [0.15, 0.2) is 48.7 Å². The fourth-order valence-electron chi connectivity index (χ4n) is 2.40. The van der Waals surface area contributed by atoms with Gasteiger partial charge in [0, 0.05) is 30.9 Å². The number of nitrogens with zero attached hydrogens (tertiary/aromatic N) is 1. The fraction of sp³-hybridized carbons (Fsp3) is 0.389. The molecule has 0 aliphatic carbocycles. The van der Waals surface area contributed by atoms with Crippen molar-refractivity contribution in [3.8, 4) is 0 Å². The van der Waals surface area contributed by atoms with Crippen LogP contribution in [0.4, 0.5) is 0 Å². The van der Waals surface area contributed by atoms with Crippen LogP contribution >= 0.6 is 0 Å². The standard InChI is InChI=1S/C18H24N2/c1-3-15-8-10-16(11-9-15)18(4-2)20-14-12-17-7-5-6-13-19-17/h5-11,13,18,20H,3-4,12,14H2,1-2H3. The molecular weight excluding hydrogens is 244 g/mol. The van der Waals surface area contributed by atoms with Crippen LogP contribution in [0.5, 0.6) is 0 Å². The first-order valence-corrected chi connectivity index (χ1v) is 7.55. The first-order chi connectivity index (χ1) is 9.83. The summed E-state index contributed by atoms with van der Waals surface area (Å²) >= 11 is 0. The lowest BCUT2D eigenvalue weighted by atomic mass is 10.0. The number of benzene rings is 1. The van der Waals surface area contributed by atoms with E-state index in [1.165, 1.54) is 11.1 Å². The third kappa shape index (κ3) is 4.17. The van der Waals surface area contributed by atoms with E-state index in [1.54, 1.807) is 0 Å². The van der Waals surface area contributed by atoms with E-state index in [-0.39, 0.29) is 0 Å². The predicted molar refractivity (Wildman–Crippen MR) is 84.8 cm³/mol. The smallest absolute Gasteiger partial charge is 0.0416 e. The van der Waals surface area contributed by atoms with Gasteiger partial charge in [0.15, 0.2) is 0 Å².